The molecule has 1 aromatic carbocycles. The molecule has 1 N–H and O–H groups in total. The van der Waals surface area contributed by atoms with Gasteiger partial charge >= 0.3 is 0 Å². The van der Waals surface area contributed by atoms with Crippen LogP contribution >= 0.6 is 15.9 Å². The van der Waals surface area contributed by atoms with E-state index in [-0.39, 0.29) is 10.0 Å². The van der Waals surface area contributed by atoms with Crippen LogP contribution in [0.3, 0.4) is 0 Å². The van der Waals surface area contributed by atoms with Gasteiger partial charge in [0, 0.05) is 6.54 Å². The van der Waals surface area contributed by atoms with Crippen molar-refractivity contribution < 1.29 is 13.9 Å². The fraction of sp³-hybridized carbons (Fsp3) is 0.308. The molecule has 0 radical (unpaired) electrons. The fourth-order valence-electron chi connectivity index (χ4n) is 1.26. The highest BCUT2D eigenvalue weighted by molar-refractivity contribution is 9.10. The summed E-state index contributed by atoms with van der Waals surface area (Å²) in [4.78, 5) is 11.7. The van der Waals surface area contributed by atoms with Gasteiger partial charge in [0.05, 0.1) is 23.2 Å². The van der Waals surface area contributed by atoms with E-state index in [1.165, 1.54) is 6.07 Å². The highest BCUT2D eigenvalue weighted by Crippen LogP contribution is 2.18. The Balaban J connectivity index is 2.41. The first-order chi connectivity index (χ1) is 8.52. The van der Waals surface area contributed by atoms with E-state index in [2.05, 4.69) is 27.8 Å². The van der Waals surface area contributed by atoms with E-state index in [0.717, 1.165) is 5.57 Å². The summed E-state index contributed by atoms with van der Waals surface area (Å²) in [5, 5.41) is 2.59. The van der Waals surface area contributed by atoms with E-state index in [4.69, 9.17) is 4.74 Å². The Bertz CT molecular complexity index is 449. The van der Waals surface area contributed by atoms with Crippen molar-refractivity contribution >= 4 is 21.8 Å². The van der Waals surface area contributed by atoms with Crippen molar-refractivity contribution in [1.82, 2.24) is 5.32 Å². The summed E-state index contributed by atoms with van der Waals surface area (Å²) in [7, 11) is 0. The van der Waals surface area contributed by atoms with Gasteiger partial charge in [-0.05, 0) is 35.0 Å². The lowest BCUT2D eigenvalue weighted by Crippen LogP contribution is -2.28. The lowest BCUT2D eigenvalue weighted by atomic mass is 10.2. The van der Waals surface area contributed by atoms with Gasteiger partial charge in [-0.15, -0.1) is 0 Å². The minimum absolute atomic E-state index is 0.0178. The number of carbonyl (C=O) groups excluding carboxylic acids is 1. The number of ether oxygens (including phenoxy) is 1. The van der Waals surface area contributed by atoms with Gasteiger partial charge in [0.15, 0.2) is 0 Å². The number of carbonyl (C=O) groups is 1. The molecular formula is C13H15BrFNO2. The third-order valence-corrected chi connectivity index (χ3v) is 2.69. The van der Waals surface area contributed by atoms with Crippen LogP contribution in [-0.4, -0.2) is 25.7 Å². The molecule has 0 spiro atoms. The Labute approximate surface area is 114 Å². The number of rotatable bonds is 6. The fourth-order valence-corrected chi connectivity index (χ4v) is 1.62. The standard InChI is InChI=1S/C13H15BrFNO2/c1-9(2)8-18-7-6-16-13(17)10-4-3-5-11(14)12(10)15/h3-5H,1,6-8H2,2H3,(H,16,17). The molecule has 5 heteroatoms. The molecule has 1 aromatic rings. The van der Waals surface area contributed by atoms with Crippen molar-refractivity contribution in [3.8, 4) is 0 Å². The van der Waals surface area contributed by atoms with Gasteiger partial charge in [-0.25, -0.2) is 4.39 Å². The summed E-state index contributed by atoms with van der Waals surface area (Å²) in [6.45, 7) is 6.71. The monoisotopic (exact) mass is 315 g/mol. The Morgan fingerprint density at radius 2 is 2.28 bits per heavy atom. The Morgan fingerprint density at radius 3 is 2.94 bits per heavy atom. The molecule has 3 nitrogen and oxygen atoms in total. The molecule has 1 amide bonds. The first-order valence-electron chi connectivity index (χ1n) is 5.46. The van der Waals surface area contributed by atoms with E-state index in [0.29, 0.717) is 19.8 Å². The van der Waals surface area contributed by atoms with Crippen LogP contribution in [0.1, 0.15) is 17.3 Å². The number of amides is 1. The van der Waals surface area contributed by atoms with E-state index >= 15 is 0 Å². The third kappa shape index (κ3) is 4.58. The summed E-state index contributed by atoms with van der Waals surface area (Å²) in [5.41, 5.74) is 0.934. The molecule has 0 saturated carbocycles. The number of halogens is 2. The lowest BCUT2D eigenvalue weighted by Gasteiger charge is -2.07. The van der Waals surface area contributed by atoms with Crippen LogP contribution in [0.5, 0.6) is 0 Å². The second-order valence-electron chi connectivity index (χ2n) is 3.87. The molecule has 0 fully saturated rings. The predicted molar refractivity (Wildman–Crippen MR) is 72.1 cm³/mol. The number of hydrogen-bond donors (Lipinski definition) is 1. The second kappa shape index (κ2) is 7.28. The topological polar surface area (TPSA) is 38.3 Å². The SMILES string of the molecule is C=C(C)COCCNC(=O)c1cccc(Br)c1F. The van der Waals surface area contributed by atoms with Gasteiger partial charge in [0.2, 0.25) is 0 Å². The second-order valence-corrected chi connectivity index (χ2v) is 4.72. The van der Waals surface area contributed by atoms with Crippen LogP contribution in [0.15, 0.2) is 34.8 Å². The van der Waals surface area contributed by atoms with E-state index in [1.807, 2.05) is 6.92 Å². The van der Waals surface area contributed by atoms with Crippen molar-refractivity contribution in [3.63, 3.8) is 0 Å². The number of benzene rings is 1. The molecule has 0 unspecified atom stereocenters. The largest absolute Gasteiger partial charge is 0.375 e. The van der Waals surface area contributed by atoms with Crippen molar-refractivity contribution in [2.45, 2.75) is 6.92 Å². The summed E-state index contributed by atoms with van der Waals surface area (Å²) < 4.78 is 19.1. The summed E-state index contributed by atoms with van der Waals surface area (Å²) >= 11 is 3.03. The molecule has 18 heavy (non-hydrogen) atoms. The average molecular weight is 316 g/mol. The maximum absolute atomic E-state index is 13.6. The first-order valence-corrected chi connectivity index (χ1v) is 6.26. The Morgan fingerprint density at radius 1 is 1.56 bits per heavy atom. The van der Waals surface area contributed by atoms with E-state index in [9.17, 15) is 9.18 Å². The average Bonchev–Trinajstić information content (AvgIpc) is 2.31. The molecule has 1 rings (SSSR count). The summed E-state index contributed by atoms with van der Waals surface area (Å²) in [6.07, 6.45) is 0. The smallest absolute Gasteiger partial charge is 0.254 e. The van der Waals surface area contributed by atoms with Crippen molar-refractivity contribution in [3.05, 3.63) is 46.2 Å². The molecule has 0 saturated heterocycles. The van der Waals surface area contributed by atoms with Crippen LogP contribution in [-0.2, 0) is 4.74 Å². The van der Waals surface area contributed by atoms with Gasteiger partial charge < -0.3 is 10.1 Å². The molecule has 0 bridgehead atoms. The van der Waals surface area contributed by atoms with Crippen LogP contribution in [0.2, 0.25) is 0 Å². The first kappa shape index (κ1) is 14.9. The molecule has 0 aliphatic heterocycles. The van der Waals surface area contributed by atoms with Crippen LogP contribution in [0.25, 0.3) is 0 Å². The highest BCUT2D eigenvalue weighted by atomic mass is 79.9. The van der Waals surface area contributed by atoms with Crippen molar-refractivity contribution in [2.24, 2.45) is 0 Å². The third-order valence-electron chi connectivity index (χ3n) is 2.08. The van der Waals surface area contributed by atoms with Gasteiger partial charge in [-0.2, -0.15) is 0 Å². The van der Waals surface area contributed by atoms with Crippen molar-refractivity contribution in [1.29, 1.82) is 0 Å². The Hall–Kier alpha value is -1.20. The zero-order valence-corrected chi connectivity index (χ0v) is 11.7. The zero-order chi connectivity index (χ0) is 13.5. The summed E-state index contributed by atoms with van der Waals surface area (Å²) in [5.74, 6) is -1.01. The van der Waals surface area contributed by atoms with Crippen LogP contribution in [0, 0.1) is 5.82 Å². The Kier molecular flexibility index (Phi) is 6.01. The van der Waals surface area contributed by atoms with Crippen LogP contribution in [0.4, 0.5) is 4.39 Å². The lowest BCUT2D eigenvalue weighted by molar-refractivity contribution is 0.0922. The molecule has 0 aromatic heterocycles. The van der Waals surface area contributed by atoms with Gasteiger partial charge in [-0.3, -0.25) is 4.79 Å². The van der Waals surface area contributed by atoms with Crippen LogP contribution < -0.4 is 5.32 Å². The quantitative estimate of drug-likeness (QED) is 0.647. The van der Waals surface area contributed by atoms with E-state index < -0.39 is 11.7 Å². The highest BCUT2D eigenvalue weighted by Gasteiger charge is 2.12. The minimum atomic E-state index is -0.558. The van der Waals surface area contributed by atoms with Gasteiger partial charge in [0.1, 0.15) is 5.82 Å². The normalized spacial score (nSPS) is 10.2. The van der Waals surface area contributed by atoms with Gasteiger partial charge in [-0.1, -0.05) is 18.2 Å². The molecule has 0 aliphatic carbocycles. The summed E-state index contributed by atoms with van der Waals surface area (Å²) in [6, 6.07) is 4.59. The molecule has 98 valence electrons. The number of nitrogens with one attached hydrogen (secondary N) is 1. The zero-order valence-electron chi connectivity index (χ0n) is 10.1. The van der Waals surface area contributed by atoms with Gasteiger partial charge in [0.25, 0.3) is 5.91 Å². The maximum atomic E-state index is 13.6. The molecule has 0 aliphatic rings. The molecule has 0 atom stereocenters. The molecule has 0 heterocycles. The minimum Gasteiger partial charge on any atom is -0.375 e. The molecular weight excluding hydrogens is 301 g/mol. The number of hydrogen-bond acceptors (Lipinski definition) is 2. The maximum Gasteiger partial charge on any atom is 0.254 e. The predicted octanol–water partition coefficient (Wildman–Crippen LogP) is 2.91. The van der Waals surface area contributed by atoms with Crippen molar-refractivity contribution in [2.75, 3.05) is 19.8 Å². The van der Waals surface area contributed by atoms with E-state index in [1.54, 1.807) is 12.1 Å².